The summed E-state index contributed by atoms with van der Waals surface area (Å²) in [6.07, 6.45) is 8.23. The van der Waals surface area contributed by atoms with Crippen LogP contribution < -0.4 is 0 Å². The van der Waals surface area contributed by atoms with Crippen LogP contribution in [-0.2, 0) is 17.8 Å². The van der Waals surface area contributed by atoms with Crippen molar-refractivity contribution in [3.05, 3.63) is 47.2 Å². The highest BCUT2D eigenvalue weighted by Gasteiger charge is 2.26. The zero-order chi connectivity index (χ0) is 16.9. The molecule has 24 heavy (non-hydrogen) atoms. The average Bonchev–Trinajstić information content (AvgIpc) is 3.10. The van der Waals surface area contributed by atoms with Crippen LogP contribution in [0, 0.1) is 0 Å². The predicted molar refractivity (Wildman–Crippen MR) is 93.0 cm³/mol. The first-order chi connectivity index (χ1) is 11.6. The number of phenols is 1. The fourth-order valence-electron chi connectivity index (χ4n) is 3.28. The molecule has 6 heteroatoms. The molecule has 1 aromatic carbocycles. The van der Waals surface area contributed by atoms with Crippen molar-refractivity contribution in [3.63, 3.8) is 0 Å². The number of hydrogen-bond donors (Lipinski definition) is 1. The highest BCUT2D eigenvalue weighted by molar-refractivity contribution is 6.32. The van der Waals surface area contributed by atoms with E-state index in [1.54, 1.807) is 18.3 Å². The van der Waals surface area contributed by atoms with E-state index in [-0.39, 0.29) is 22.7 Å². The van der Waals surface area contributed by atoms with Gasteiger partial charge in [0.05, 0.1) is 11.4 Å². The second-order valence-electron chi connectivity index (χ2n) is 6.26. The van der Waals surface area contributed by atoms with Gasteiger partial charge in [0.25, 0.3) is 0 Å². The molecule has 3 rings (SSSR count). The Hall–Kier alpha value is -2.01. The van der Waals surface area contributed by atoms with Gasteiger partial charge in [0.15, 0.2) is 0 Å². The zero-order valence-electron chi connectivity index (χ0n) is 13.6. The van der Waals surface area contributed by atoms with Gasteiger partial charge >= 0.3 is 0 Å². The second-order valence-corrected chi connectivity index (χ2v) is 6.66. The van der Waals surface area contributed by atoms with Gasteiger partial charge in [-0.2, -0.15) is 5.10 Å². The van der Waals surface area contributed by atoms with Crippen molar-refractivity contribution in [2.75, 3.05) is 6.54 Å². The van der Waals surface area contributed by atoms with E-state index in [4.69, 9.17) is 11.6 Å². The first-order valence-electron chi connectivity index (χ1n) is 8.38. The number of aryl methyl sites for hydroxylation is 1. The summed E-state index contributed by atoms with van der Waals surface area (Å²) in [5, 5.41) is 14.0. The smallest absolute Gasteiger partial charge is 0.227 e. The molecule has 1 aromatic heterocycles. The van der Waals surface area contributed by atoms with E-state index in [1.165, 1.54) is 12.5 Å². The van der Waals surface area contributed by atoms with Gasteiger partial charge in [0, 0.05) is 31.5 Å². The summed E-state index contributed by atoms with van der Waals surface area (Å²) in [5.74, 6) is 0.171. The van der Waals surface area contributed by atoms with Gasteiger partial charge in [0.1, 0.15) is 5.75 Å². The van der Waals surface area contributed by atoms with Crippen LogP contribution in [0.5, 0.6) is 5.75 Å². The molecular weight excluding hydrogens is 326 g/mol. The molecule has 0 saturated carbocycles. The number of likely N-dealkylation sites (tertiary alicyclic amines) is 1. The van der Waals surface area contributed by atoms with Crippen LogP contribution in [0.1, 0.15) is 31.2 Å². The van der Waals surface area contributed by atoms with E-state index in [0.29, 0.717) is 6.42 Å². The van der Waals surface area contributed by atoms with Crippen LogP contribution in [0.3, 0.4) is 0 Å². The molecule has 0 aliphatic carbocycles. The number of aromatic hydroxyl groups is 1. The van der Waals surface area contributed by atoms with Crippen molar-refractivity contribution in [1.82, 2.24) is 14.7 Å². The van der Waals surface area contributed by atoms with Gasteiger partial charge in [-0.3, -0.25) is 9.48 Å². The van der Waals surface area contributed by atoms with Gasteiger partial charge in [-0.1, -0.05) is 17.7 Å². The number of rotatable bonds is 5. The highest BCUT2D eigenvalue weighted by Crippen LogP contribution is 2.25. The molecule has 0 unspecified atom stereocenters. The Bertz CT molecular complexity index is 688. The largest absolute Gasteiger partial charge is 0.506 e. The Labute approximate surface area is 146 Å². The van der Waals surface area contributed by atoms with Crippen molar-refractivity contribution in [1.29, 1.82) is 0 Å². The summed E-state index contributed by atoms with van der Waals surface area (Å²) in [6.45, 7) is 1.64. The molecule has 1 saturated heterocycles. The van der Waals surface area contributed by atoms with E-state index in [0.717, 1.165) is 37.9 Å². The number of nitrogens with zero attached hydrogens (tertiary/aromatic N) is 3. The number of benzene rings is 1. The summed E-state index contributed by atoms with van der Waals surface area (Å²) in [5.41, 5.74) is 0.833. The minimum absolute atomic E-state index is 0.0444. The minimum atomic E-state index is 0.0444. The van der Waals surface area contributed by atoms with Gasteiger partial charge in [-0.25, -0.2) is 0 Å². The lowest BCUT2D eigenvalue weighted by molar-refractivity contribution is -0.134. The second kappa shape index (κ2) is 7.71. The lowest BCUT2D eigenvalue weighted by atomic mass is 9.98. The maximum Gasteiger partial charge on any atom is 0.227 e. The lowest BCUT2D eigenvalue weighted by Crippen LogP contribution is -2.44. The van der Waals surface area contributed by atoms with Gasteiger partial charge in [-0.15, -0.1) is 0 Å². The summed E-state index contributed by atoms with van der Waals surface area (Å²) < 4.78 is 1.91. The van der Waals surface area contributed by atoms with Crippen molar-refractivity contribution < 1.29 is 9.90 Å². The Morgan fingerprint density at radius 2 is 2.25 bits per heavy atom. The van der Waals surface area contributed by atoms with E-state index >= 15 is 0 Å². The number of hydrogen-bond acceptors (Lipinski definition) is 3. The van der Waals surface area contributed by atoms with E-state index in [1.807, 2.05) is 21.8 Å². The molecule has 0 radical (unpaired) electrons. The molecule has 5 nitrogen and oxygen atoms in total. The van der Waals surface area contributed by atoms with E-state index in [2.05, 4.69) is 5.10 Å². The van der Waals surface area contributed by atoms with Gasteiger partial charge < -0.3 is 10.0 Å². The van der Waals surface area contributed by atoms with Crippen LogP contribution in [-0.4, -0.2) is 38.3 Å². The quantitative estimate of drug-likeness (QED) is 0.903. The third-order valence-corrected chi connectivity index (χ3v) is 4.87. The molecule has 0 bridgehead atoms. The Morgan fingerprint density at radius 1 is 1.38 bits per heavy atom. The number of carbonyl (C=O) groups is 1. The minimum Gasteiger partial charge on any atom is -0.506 e. The molecule has 1 aliphatic rings. The average molecular weight is 348 g/mol. The molecule has 2 heterocycles. The molecule has 2 aromatic rings. The number of amides is 1. The van der Waals surface area contributed by atoms with Crippen molar-refractivity contribution in [3.8, 4) is 5.75 Å². The number of halogens is 1. The van der Waals surface area contributed by atoms with Crippen molar-refractivity contribution in [2.45, 2.75) is 44.7 Å². The van der Waals surface area contributed by atoms with Crippen LogP contribution in [0.2, 0.25) is 5.02 Å². The summed E-state index contributed by atoms with van der Waals surface area (Å²) in [7, 11) is 0. The Balaban J connectivity index is 1.63. The van der Waals surface area contributed by atoms with E-state index in [9.17, 15) is 9.90 Å². The SMILES string of the molecule is O=C(Cc1ccc(O)c(Cl)c1)N1CCCC[C@H]1CCn1cccn1. The van der Waals surface area contributed by atoms with Gasteiger partial charge in [-0.05, 0) is 49.4 Å². The van der Waals surface area contributed by atoms with Crippen molar-refractivity contribution in [2.24, 2.45) is 0 Å². The monoisotopic (exact) mass is 347 g/mol. The highest BCUT2D eigenvalue weighted by atomic mass is 35.5. The molecular formula is C18H22ClN3O2. The summed E-state index contributed by atoms with van der Waals surface area (Å²) in [4.78, 5) is 14.7. The fourth-order valence-corrected chi connectivity index (χ4v) is 3.48. The van der Waals surface area contributed by atoms with Crippen LogP contribution in [0.15, 0.2) is 36.7 Å². The third kappa shape index (κ3) is 4.09. The number of phenolic OH excluding ortho intramolecular Hbond substituents is 1. The fraction of sp³-hybridized carbons (Fsp3) is 0.444. The maximum atomic E-state index is 12.7. The Kier molecular flexibility index (Phi) is 5.41. The molecule has 1 amide bonds. The first kappa shape index (κ1) is 16.8. The zero-order valence-corrected chi connectivity index (χ0v) is 14.3. The first-order valence-corrected chi connectivity index (χ1v) is 8.75. The number of carbonyl (C=O) groups excluding carboxylic acids is 1. The normalized spacial score (nSPS) is 17.9. The number of aromatic nitrogens is 2. The van der Waals surface area contributed by atoms with Crippen LogP contribution in [0.4, 0.5) is 0 Å². The van der Waals surface area contributed by atoms with Crippen molar-refractivity contribution >= 4 is 17.5 Å². The lowest BCUT2D eigenvalue weighted by Gasteiger charge is -2.36. The third-order valence-electron chi connectivity index (χ3n) is 4.57. The summed E-state index contributed by atoms with van der Waals surface area (Å²) in [6, 6.07) is 7.14. The molecule has 1 atom stereocenters. The summed E-state index contributed by atoms with van der Waals surface area (Å²) >= 11 is 5.93. The van der Waals surface area contributed by atoms with Crippen LogP contribution >= 0.6 is 11.6 Å². The molecule has 1 aliphatic heterocycles. The van der Waals surface area contributed by atoms with E-state index < -0.39 is 0 Å². The maximum absolute atomic E-state index is 12.7. The van der Waals surface area contributed by atoms with Gasteiger partial charge in [0.2, 0.25) is 5.91 Å². The Morgan fingerprint density at radius 3 is 3.00 bits per heavy atom. The predicted octanol–water partition coefficient (Wildman–Crippen LogP) is 3.26. The number of piperidine rings is 1. The molecule has 0 spiro atoms. The molecule has 1 N–H and O–H groups in total. The van der Waals surface area contributed by atoms with Crippen LogP contribution in [0.25, 0.3) is 0 Å². The molecule has 128 valence electrons. The molecule has 1 fully saturated rings. The topological polar surface area (TPSA) is 58.4 Å². The standard InChI is InChI=1S/C18H22ClN3O2/c19-16-12-14(5-6-17(16)23)13-18(24)22-10-2-1-4-15(22)7-11-21-9-3-8-20-21/h3,5-6,8-9,12,15,23H,1-2,4,7,10-11,13H2/t15-/m0/s1.